The summed E-state index contributed by atoms with van der Waals surface area (Å²) in [7, 11) is 0. The number of benzene rings is 2. The lowest BCUT2D eigenvalue weighted by Gasteiger charge is -2.24. The van der Waals surface area contributed by atoms with E-state index in [0.29, 0.717) is 12.2 Å². The van der Waals surface area contributed by atoms with Gasteiger partial charge in [0.05, 0.1) is 18.8 Å². The molecule has 5 heteroatoms. The van der Waals surface area contributed by atoms with Crippen molar-refractivity contribution >= 4 is 11.4 Å². The number of rotatable bonds is 4. The maximum absolute atomic E-state index is 7.04. The van der Waals surface area contributed by atoms with Gasteiger partial charge in [-0.15, -0.1) is 5.10 Å². The van der Waals surface area contributed by atoms with E-state index in [1.54, 1.807) is 23.3 Å². The van der Waals surface area contributed by atoms with E-state index in [0.717, 1.165) is 5.69 Å². The first kappa shape index (κ1) is 13.8. The van der Waals surface area contributed by atoms with E-state index < -0.39 is 0 Å². The molecule has 5 nitrogen and oxygen atoms in total. The smallest absolute Gasteiger partial charge is 0.187 e. The zero-order valence-electron chi connectivity index (χ0n) is 12.2. The Kier molecular flexibility index (Phi) is 3.84. The van der Waals surface area contributed by atoms with Crippen LogP contribution in [0.4, 0.5) is 11.4 Å². The first-order valence-electron chi connectivity index (χ1n) is 6.92. The van der Waals surface area contributed by atoms with Gasteiger partial charge >= 0.3 is 0 Å². The summed E-state index contributed by atoms with van der Waals surface area (Å²) in [6.07, 6.45) is 3.17. The lowest BCUT2D eigenvalue weighted by molar-refractivity contribution is 0.610. The van der Waals surface area contributed by atoms with Crippen LogP contribution in [0.15, 0.2) is 61.2 Å². The fourth-order valence-electron chi connectivity index (χ4n) is 2.17. The second-order valence-corrected chi connectivity index (χ2v) is 4.99. The van der Waals surface area contributed by atoms with Gasteiger partial charge in [-0.05, 0) is 24.6 Å². The van der Waals surface area contributed by atoms with E-state index in [1.807, 2.05) is 17.1 Å². The van der Waals surface area contributed by atoms with Crippen LogP contribution in [0.2, 0.25) is 0 Å². The molecule has 1 heterocycles. The van der Waals surface area contributed by atoms with Crippen LogP contribution >= 0.6 is 0 Å². The summed E-state index contributed by atoms with van der Waals surface area (Å²) >= 11 is 0. The molecule has 0 amide bonds. The average Bonchev–Trinajstić information content (AvgIpc) is 3.09. The molecule has 3 aromatic rings. The quantitative estimate of drug-likeness (QED) is 0.688. The zero-order valence-corrected chi connectivity index (χ0v) is 12.2. The Morgan fingerprint density at radius 2 is 1.82 bits per heavy atom. The highest BCUT2D eigenvalue weighted by Crippen LogP contribution is 2.22. The van der Waals surface area contributed by atoms with E-state index in [9.17, 15) is 0 Å². The molecule has 0 atom stereocenters. The molecule has 22 heavy (non-hydrogen) atoms. The fraction of sp³-hybridized carbons (Fsp3) is 0.118. The summed E-state index contributed by atoms with van der Waals surface area (Å²) in [5.41, 5.74) is 3.99. The first-order valence-corrected chi connectivity index (χ1v) is 6.92. The molecule has 0 aliphatic heterocycles. The predicted molar refractivity (Wildman–Crippen MR) is 85.5 cm³/mol. The topological polar surface area (TPSA) is 38.3 Å². The number of anilines is 1. The lowest BCUT2D eigenvalue weighted by atomic mass is 10.0. The van der Waals surface area contributed by atoms with E-state index >= 15 is 0 Å². The third-order valence-corrected chi connectivity index (χ3v) is 3.38. The van der Waals surface area contributed by atoms with Crippen molar-refractivity contribution in [2.24, 2.45) is 0 Å². The summed E-state index contributed by atoms with van der Waals surface area (Å²) < 4.78 is 0. The van der Waals surface area contributed by atoms with E-state index in [-0.39, 0.29) is 0 Å². The highest BCUT2D eigenvalue weighted by Gasteiger charge is 2.10. The Morgan fingerprint density at radius 1 is 1.09 bits per heavy atom. The van der Waals surface area contributed by atoms with Gasteiger partial charge in [-0.1, -0.05) is 42.0 Å². The van der Waals surface area contributed by atoms with Crippen LogP contribution in [0.3, 0.4) is 0 Å². The number of hydrogen-bond donors (Lipinski definition) is 0. The van der Waals surface area contributed by atoms with Gasteiger partial charge in [0.1, 0.15) is 12.7 Å². The molecule has 2 aromatic carbocycles. The van der Waals surface area contributed by atoms with Crippen LogP contribution in [-0.2, 0) is 6.54 Å². The Labute approximate surface area is 129 Å². The number of aromatic nitrogens is 3. The van der Waals surface area contributed by atoms with Gasteiger partial charge in [0.15, 0.2) is 5.69 Å². The molecule has 0 saturated carbocycles. The fourth-order valence-corrected chi connectivity index (χ4v) is 2.17. The molecule has 0 fully saturated rings. The molecule has 0 bridgehead atoms. The second-order valence-electron chi connectivity index (χ2n) is 4.99. The SMILES string of the molecule is [C-]#[N+]c1ccc(N(Cc2ccc([11CH3])cc2)n2cncn2)cc1. The van der Waals surface area contributed by atoms with Crippen LogP contribution in [0, 0.1) is 13.5 Å². The molecule has 0 aliphatic rings. The van der Waals surface area contributed by atoms with Crippen molar-refractivity contribution in [3.8, 4) is 0 Å². The van der Waals surface area contributed by atoms with Gasteiger partial charge in [0, 0.05) is 0 Å². The normalized spacial score (nSPS) is 10.2. The maximum atomic E-state index is 7.04. The highest BCUT2D eigenvalue weighted by atomic mass is 15.7. The number of nitrogens with zero attached hydrogens (tertiary/aromatic N) is 5. The average molecular weight is 288 g/mol. The molecule has 108 valence electrons. The lowest BCUT2D eigenvalue weighted by Crippen LogP contribution is -2.29. The first-order chi connectivity index (χ1) is 10.8. The molecular weight excluding hydrogens is 273 g/mol. The van der Waals surface area contributed by atoms with Crippen LogP contribution in [0.5, 0.6) is 0 Å². The monoisotopic (exact) mass is 288 g/mol. The summed E-state index contributed by atoms with van der Waals surface area (Å²) in [5, 5.41) is 6.23. The van der Waals surface area contributed by atoms with Gasteiger partial charge in [-0.2, -0.15) is 4.79 Å². The van der Waals surface area contributed by atoms with Gasteiger partial charge < -0.3 is 0 Å². The number of aryl methyl sites for hydroxylation is 1. The predicted octanol–water partition coefficient (Wildman–Crippen LogP) is 3.61. The van der Waals surface area contributed by atoms with E-state index in [4.69, 9.17) is 6.57 Å². The van der Waals surface area contributed by atoms with Crippen molar-refractivity contribution in [3.63, 3.8) is 0 Å². The highest BCUT2D eigenvalue weighted by molar-refractivity contribution is 5.55. The van der Waals surface area contributed by atoms with Crippen molar-refractivity contribution in [2.45, 2.75) is 13.5 Å². The van der Waals surface area contributed by atoms with Gasteiger partial charge in [-0.25, -0.2) is 9.83 Å². The van der Waals surface area contributed by atoms with Crippen LogP contribution in [0.1, 0.15) is 11.1 Å². The van der Waals surface area contributed by atoms with E-state index in [1.165, 1.54) is 17.5 Å². The third kappa shape index (κ3) is 2.96. The van der Waals surface area contributed by atoms with Gasteiger partial charge in [0.2, 0.25) is 0 Å². The Bertz CT molecular complexity index is 767. The Balaban J connectivity index is 1.93. The standard InChI is InChI=1S/C17H15N5/c1-14-3-5-15(6-4-14)11-21(22-13-19-12-20-22)17-9-7-16(18-2)8-10-17/h3-10,12-13H,11H2,1H3/i1-1. The maximum Gasteiger partial charge on any atom is 0.187 e. The summed E-state index contributed by atoms with van der Waals surface area (Å²) in [6, 6.07) is 15.8. The van der Waals surface area contributed by atoms with Crippen LogP contribution in [-0.4, -0.2) is 14.9 Å². The van der Waals surface area contributed by atoms with Crippen molar-refractivity contribution in [2.75, 3.05) is 5.01 Å². The van der Waals surface area contributed by atoms with Crippen molar-refractivity contribution in [1.29, 1.82) is 0 Å². The molecule has 0 saturated heterocycles. The van der Waals surface area contributed by atoms with Crippen LogP contribution < -0.4 is 5.01 Å². The van der Waals surface area contributed by atoms with Crippen molar-refractivity contribution in [1.82, 2.24) is 14.9 Å². The second kappa shape index (κ2) is 6.10. The third-order valence-electron chi connectivity index (χ3n) is 3.38. The Hall–Kier alpha value is -3.13. The minimum Gasteiger partial charge on any atom is -0.260 e. The number of hydrogen-bond acceptors (Lipinski definition) is 3. The molecule has 0 N–H and O–H groups in total. The largest absolute Gasteiger partial charge is 0.260 e. The van der Waals surface area contributed by atoms with E-state index in [2.05, 4.69) is 46.1 Å². The molecule has 0 spiro atoms. The van der Waals surface area contributed by atoms with Gasteiger partial charge in [-0.3, -0.25) is 5.01 Å². The molecule has 0 unspecified atom stereocenters. The summed E-state index contributed by atoms with van der Waals surface area (Å²) in [6.45, 7) is 9.78. The zero-order chi connectivity index (χ0) is 15.4. The van der Waals surface area contributed by atoms with Crippen LogP contribution in [0.25, 0.3) is 4.85 Å². The molecule has 0 radical (unpaired) electrons. The Morgan fingerprint density at radius 3 is 2.41 bits per heavy atom. The van der Waals surface area contributed by atoms with Crippen molar-refractivity contribution < 1.29 is 0 Å². The summed E-state index contributed by atoms with van der Waals surface area (Å²) in [5.74, 6) is 0. The molecular formula is C17H15N5. The molecule has 3 rings (SSSR count). The minimum atomic E-state index is 0.623. The minimum absolute atomic E-state index is 0.623. The molecule has 0 aliphatic carbocycles. The molecule has 1 aromatic heterocycles. The van der Waals surface area contributed by atoms with Gasteiger partial charge in [0.25, 0.3) is 0 Å². The van der Waals surface area contributed by atoms with Crippen molar-refractivity contribution in [3.05, 3.63) is 83.7 Å². The summed E-state index contributed by atoms with van der Waals surface area (Å²) in [4.78, 5) is 9.14.